The van der Waals surface area contributed by atoms with Gasteiger partial charge in [-0.15, -0.1) is 0 Å². The quantitative estimate of drug-likeness (QED) is 0.403. The Labute approximate surface area is 187 Å². The highest BCUT2D eigenvalue weighted by Gasteiger charge is 2.46. The smallest absolute Gasteiger partial charge is 0.295 e. The summed E-state index contributed by atoms with van der Waals surface area (Å²) in [4.78, 5) is 33.9. The Morgan fingerprint density at radius 3 is 2.56 bits per heavy atom. The number of aliphatic hydroxyl groups is 1. The van der Waals surface area contributed by atoms with E-state index in [1.807, 2.05) is 18.2 Å². The highest BCUT2D eigenvalue weighted by Crippen LogP contribution is 2.42. The van der Waals surface area contributed by atoms with Crippen molar-refractivity contribution in [3.8, 4) is 5.75 Å². The zero-order valence-electron chi connectivity index (χ0n) is 18.1. The number of methoxy groups -OCH3 is 1. The number of aliphatic hydroxyl groups excluding tert-OH is 1. The van der Waals surface area contributed by atoms with Crippen LogP contribution in [0, 0.1) is 0 Å². The van der Waals surface area contributed by atoms with Crippen LogP contribution in [0.4, 0.5) is 0 Å². The van der Waals surface area contributed by atoms with Gasteiger partial charge in [-0.2, -0.15) is 0 Å². The molecule has 8 nitrogen and oxygen atoms in total. The molecule has 0 unspecified atom stereocenters. The number of nitrogens with zero attached hydrogens (tertiary/aromatic N) is 3. The second-order valence-electron chi connectivity index (χ2n) is 7.78. The molecule has 2 aliphatic heterocycles. The number of hydrogen-bond donors (Lipinski definition) is 1. The summed E-state index contributed by atoms with van der Waals surface area (Å²) in [6.45, 7) is 4.32. The van der Waals surface area contributed by atoms with E-state index in [4.69, 9.17) is 9.47 Å². The number of ether oxygens (including phenoxy) is 2. The van der Waals surface area contributed by atoms with Crippen molar-refractivity contribution in [2.75, 3.05) is 46.5 Å². The summed E-state index contributed by atoms with van der Waals surface area (Å²) in [7, 11) is 1.55. The minimum Gasteiger partial charge on any atom is -0.507 e. The summed E-state index contributed by atoms with van der Waals surface area (Å²) in [6, 6.07) is 9.76. The van der Waals surface area contributed by atoms with Gasteiger partial charge in [-0.25, -0.2) is 0 Å². The maximum Gasteiger partial charge on any atom is 0.295 e. The van der Waals surface area contributed by atoms with E-state index in [0.29, 0.717) is 43.1 Å². The van der Waals surface area contributed by atoms with Gasteiger partial charge in [0, 0.05) is 49.7 Å². The summed E-state index contributed by atoms with van der Waals surface area (Å²) in [5, 5.41) is 11.0. The minimum atomic E-state index is -0.732. The molecule has 4 rings (SSSR count). The van der Waals surface area contributed by atoms with E-state index in [9.17, 15) is 14.7 Å². The Balaban J connectivity index is 1.69. The maximum absolute atomic E-state index is 13.1. The molecule has 0 saturated carbocycles. The minimum absolute atomic E-state index is 0.0667. The van der Waals surface area contributed by atoms with Crippen LogP contribution in [0.5, 0.6) is 5.75 Å². The average molecular weight is 437 g/mol. The number of carbonyl (C=O) groups is 2. The van der Waals surface area contributed by atoms with Gasteiger partial charge in [0.25, 0.3) is 11.7 Å². The third-order valence-electron chi connectivity index (χ3n) is 5.90. The van der Waals surface area contributed by atoms with E-state index in [1.165, 1.54) is 12.4 Å². The van der Waals surface area contributed by atoms with Crippen LogP contribution in [0.3, 0.4) is 0 Å². The number of pyridine rings is 1. The Hall–Kier alpha value is -3.23. The van der Waals surface area contributed by atoms with Crippen LogP contribution < -0.4 is 4.74 Å². The normalized spacial score (nSPS) is 21.2. The second-order valence-corrected chi connectivity index (χ2v) is 7.78. The van der Waals surface area contributed by atoms with Gasteiger partial charge in [-0.3, -0.25) is 19.5 Å². The van der Waals surface area contributed by atoms with E-state index in [0.717, 1.165) is 19.6 Å². The van der Waals surface area contributed by atoms with E-state index in [-0.39, 0.29) is 11.3 Å². The number of carbonyl (C=O) groups excluding carboxylic acids is 2. The standard InChI is InChI=1S/C24H27N3O5/c1-31-19-6-3-2-5-18(19)21-20(22(28)17-7-9-25-10-8-17)23(29)24(30)27(21)12-4-11-26-13-15-32-16-14-26/h2-3,5-10,21,28H,4,11-16H2,1H3/t21-/m1/s1. The molecule has 3 heterocycles. The maximum atomic E-state index is 13.1. The number of aromatic nitrogens is 1. The van der Waals surface area contributed by atoms with Crippen LogP contribution in [0.1, 0.15) is 23.6 Å². The van der Waals surface area contributed by atoms with Crippen molar-refractivity contribution in [1.82, 2.24) is 14.8 Å². The molecule has 1 amide bonds. The summed E-state index contributed by atoms with van der Waals surface area (Å²) in [5.74, 6) is -0.962. The molecule has 0 bridgehead atoms. The van der Waals surface area contributed by atoms with Crippen molar-refractivity contribution in [2.45, 2.75) is 12.5 Å². The highest BCUT2D eigenvalue weighted by molar-refractivity contribution is 6.46. The average Bonchev–Trinajstić information content (AvgIpc) is 3.09. The first-order valence-corrected chi connectivity index (χ1v) is 10.7. The number of hydrogen-bond acceptors (Lipinski definition) is 7. The number of rotatable bonds is 7. The molecule has 0 radical (unpaired) electrons. The first-order chi connectivity index (χ1) is 15.6. The predicted molar refractivity (Wildman–Crippen MR) is 118 cm³/mol. The number of amides is 1. The molecule has 2 saturated heterocycles. The van der Waals surface area contributed by atoms with Crippen LogP contribution >= 0.6 is 0 Å². The molecule has 2 aliphatic rings. The van der Waals surface area contributed by atoms with Gasteiger partial charge in [0.2, 0.25) is 0 Å². The molecular formula is C24H27N3O5. The Kier molecular flexibility index (Phi) is 6.82. The molecule has 1 aromatic carbocycles. The zero-order valence-corrected chi connectivity index (χ0v) is 18.1. The third-order valence-corrected chi connectivity index (χ3v) is 5.90. The number of Topliss-reactive ketones (excluding diaryl/α,β-unsaturated/α-hetero) is 1. The Morgan fingerprint density at radius 1 is 1.12 bits per heavy atom. The van der Waals surface area contributed by atoms with Gasteiger partial charge in [0.15, 0.2) is 0 Å². The molecule has 0 spiro atoms. The van der Waals surface area contributed by atoms with Gasteiger partial charge >= 0.3 is 0 Å². The molecule has 2 aromatic rings. The molecule has 32 heavy (non-hydrogen) atoms. The Morgan fingerprint density at radius 2 is 1.84 bits per heavy atom. The number of benzene rings is 1. The van der Waals surface area contributed by atoms with Crippen molar-refractivity contribution in [1.29, 1.82) is 0 Å². The number of ketones is 1. The van der Waals surface area contributed by atoms with Crippen LogP contribution in [-0.4, -0.2) is 78.1 Å². The lowest BCUT2D eigenvalue weighted by molar-refractivity contribution is -0.140. The lowest BCUT2D eigenvalue weighted by Crippen LogP contribution is -2.39. The number of morpholine rings is 1. The molecule has 8 heteroatoms. The van der Waals surface area contributed by atoms with E-state index in [2.05, 4.69) is 9.88 Å². The highest BCUT2D eigenvalue weighted by atomic mass is 16.5. The number of para-hydroxylation sites is 1. The molecule has 1 atom stereocenters. The van der Waals surface area contributed by atoms with Crippen molar-refractivity contribution in [3.63, 3.8) is 0 Å². The summed E-state index contributed by atoms with van der Waals surface area (Å²) in [6.07, 6.45) is 3.77. The molecule has 0 aliphatic carbocycles. The Bertz CT molecular complexity index is 1000. The molecule has 1 aromatic heterocycles. The summed E-state index contributed by atoms with van der Waals surface area (Å²) in [5.41, 5.74) is 1.17. The first kappa shape index (κ1) is 22.0. The van der Waals surface area contributed by atoms with Gasteiger partial charge in [0.1, 0.15) is 11.5 Å². The SMILES string of the molecule is COc1ccccc1[C@@H]1C(=C(O)c2ccncc2)C(=O)C(=O)N1CCCN1CCOCC1. The van der Waals surface area contributed by atoms with Crippen LogP contribution in [-0.2, 0) is 14.3 Å². The summed E-state index contributed by atoms with van der Waals surface area (Å²) < 4.78 is 10.9. The summed E-state index contributed by atoms with van der Waals surface area (Å²) >= 11 is 0. The fourth-order valence-corrected chi connectivity index (χ4v) is 4.28. The van der Waals surface area contributed by atoms with E-state index < -0.39 is 17.7 Å². The van der Waals surface area contributed by atoms with Crippen LogP contribution in [0.15, 0.2) is 54.4 Å². The third kappa shape index (κ3) is 4.37. The van der Waals surface area contributed by atoms with Crippen molar-refractivity contribution < 1.29 is 24.2 Å². The predicted octanol–water partition coefficient (Wildman–Crippen LogP) is 2.23. The van der Waals surface area contributed by atoms with E-state index in [1.54, 1.807) is 30.2 Å². The topological polar surface area (TPSA) is 92.2 Å². The van der Waals surface area contributed by atoms with Gasteiger partial charge in [-0.1, -0.05) is 18.2 Å². The van der Waals surface area contributed by atoms with Crippen molar-refractivity contribution >= 4 is 17.4 Å². The van der Waals surface area contributed by atoms with Gasteiger partial charge < -0.3 is 19.5 Å². The number of likely N-dealkylation sites (tertiary alicyclic amines) is 1. The van der Waals surface area contributed by atoms with Crippen molar-refractivity contribution in [3.05, 3.63) is 65.5 Å². The molecular weight excluding hydrogens is 410 g/mol. The molecule has 2 fully saturated rings. The van der Waals surface area contributed by atoms with E-state index >= 15 is 0 Å². The lowest BCUT2D eigenvalue weighted by atomic mass is 9.95. The lowest BCUT2D eigenvalue weighted by Gasteiger charge is -2.29. The first-order valence-electron chi connectivity index (χ1n) is 10.7. The van der Waals surface area contributed by atoms with Gasteiger partial charge in [0.05, 0.1) is 31.9 Å². The molecule has 1 N–H and O–H groups in total. The van der Waals surface area contributed by atoms with Crippen LogP contribution in [0.2, 0.25) is 0 Å². The molecule has 168 valence electrons. The van der Waals surface area contributed by atoms with Crippen molar-refractivity contribution in [2.24, 2.45) is 0 Å². The van der Waals surface area contributed by atoms with Gasteiger partial charge in [-0.05, 0) is 24.6 Å². The largest absolute Gasteiger partial charge is 0.507 e. The fraction of sp³-hybridized carbons (Fsp3) is 0.375. The second kappa shape index (κ2) is 9.93. The fourth-order valence-electron chi connectivity index (χ4n) is 4.28. The monoisotopic (exact) mass is 437 g/mol. The zero-order chi connectivity index (χ0) is 22.5. The van der Waals surface area contributed by atoms with Crippen LogP contribution in [0.25, 0.3) is 5.76 Å².